The minimum absolute atomic E-state index is 0.124. The van der Waals surface area contributed by atoms with Crippen LogP contribution in [-0.4, -0.2) is 37.4 Å². The standard InChI is InChI=1S/C17H31NO3/c1-13-8-14(10-16(2,3)9-13)15(20)18-11-17(12-19)4-6-21-7-5-17/h13-14,19H,4-12H2,1-3H3,(H,18,20). The number of hydrogen-bond donors (Lipinski definition) is 2. The Morgan fingerprint density at radius 1 is 1.29 bits per heavy atom. The number of carbonyl (C=O) groups is 1. The van der Waals surface area contributed by atoms with E-state index in [1.54, 1.807) is 0 Å². The number of carbonyl (C=O) groups excluding carboxylic acids is 1. The maximum atomic E-state index is 12.5. The van der Waals surface area contributed by atoms with Crippen LogP contribution in [0.4, 0.5) is 0 Å². The van der Waals surface area contributed by atoms with Gasteiger partial charge < -0.3 is 15.2 Å². The second kappa shape index (κ2) is 6.66. The monoisotopic (exact) mass is 297 g/mol. The number of ether oxygens (including phenoxy) is 1. The zero-order chi connectivity index (χ0) is 15.5. The van der Waals surface area contributed by atoms with Crippen LogP contribution in [0.25, 0.3) is 0 Å². The summed E-state index contributed by atoms with van der Waals surface area (Å²) in [4.78, 5) is 12.5. The smallest absolute Gasteiger partial charge is 0.223 e. The zero-order valence-corrected chi connectivity index (χ0v) is 13.8. The van der Waals surface area contributed by atoms with Gasteiger partial charge in [-0.15, -0.1) is 0 Å². The van der Waals surface area contributed by atoms with E-state index in [-0.39, 0.29) is 29.3 Å². The van der Waals surface area contributed by atoms with Gasteiger partial charge >= 0.3 is 0 Å². The van der Waals surface area contributed by atoms with Gasteiger partial charge in [-0.05, 0) is 43.4 Å². The summed E-state index contributed by atoms with van der Waals surface area (Å²) in [6.07, 6.45) is 4.82. The maximum absolute atomic E-state index is 12.5. The lowest BCUT2D eigenvalue weighted by Crippen LogP contribution is -2.46. The molecule has 4 heteroatoms. The number of rotatable bonds is 4. The van der Waals surface area contributed by atoms with E-state index in [0.29, 0.717) is 25.7 Å². The molecule has 21 heavy (non-hydrogen) atoms. The second-order valence-corrected chi connectivity index (χ2v) is 8.10. The van der Waals surface area contributed by atoms with Crippen LogP contribution < -0.4 is 5.32 Å². The van der Waals surface area contributed by atoms with Gasteiger partial charge in [0.15, 0.2) is 0 Å². The molecule has 2 unspecified atom stereocenters. The highest BCUT2D eigenvalue weighted by Gasteiger charge is 2.37. The van der Waals surface area contributed by atoms with Crippen LogP contribution in [0.2, 0.25) is 0 Å². The zero-order valence-electron chi connectivity index (χ0n) is 13.8. The minimum Gasteiger partial charge on any atom is -0.396 e. The molecule has 1 aliphatic carbocycles. The van der Waals surface area contributed by atoms with Crippen molar-refractivity contribution in [2.75, 3.05) is 26.4 Å². The van der Waals surface area contributed by atoms with Crippen molar-refractivity contribution in [2.45, 2.75) is 52.9 Å². The second-order valence-electron chi connectivity index (χ2n) is 8.10. The van der Waals surface area contributed by atoms with Crippen LogP contribution in [0.15, 0.2) is 0 Å². The summed E-state index contributed by atoms with van der Waals surface area (Å²) in [7, 11) is 0. The molecule has 1 saturated heterocycles. The molecule has 1 saturated carbocycles. The van der Waals surface area contributed by atoms with Crippen LogP contribution >= 0.6 is 0 Å². The third kappa shape index (κ3) is 4.43. The first-order chi connectivity index (χ1) is 9.86. The van der Waals surface area contributed by atoms with Gasteiger partial charge in [0, 0.05) is 31.1 Å². The van der Waals surface area contributed by atoms with Gasteiger partial charge in [-0.2, -0.15) is 0 Å². The fraction of sp³-hybridized carbons (Fsp3) is 0.941. The lowest BCUT2D eigenvalue weighted by atomic mass is 9.68. The van der Waals surface area contributed by atoms with Crippen LogP contribution in [0, 0.1) is 22.7 Å². The predicted octanol–water partition coefficient (Wildman–Crippen LogP) is 2.35. The lowest BCUT2D eigenvalue weighted by molar-refractivity contribution is -0.129. The number of nitrogens with one attached hydrogen (secondary N) is 1. The molecule has 2 atom stereocenters. The highest BCUT2D eigenvalue weighted by atomic mass is 16.5. The van der Waals surface area contributed by atoms with Crippen molar-refractivity contribution >= 4 is 5.91 Å². The van der Waals surface area contributed by atoms with Crippen LogP contribution in [0.5, 0.6) is 0 Å². The third-order valence-corrected chi connectivity index (χ3v) is 5.28. The molecule has 4 nitrogen and oxygen atoms in total. The van der Waals surface area contributed by atoms with Crippen LogP contribution in [0.1, 0.15) is 52.9 Å². The van der Waals surface area contributed by atoms with Crippen molar-refractivity contribution in [3.05, 3.63) is 0 Å². The molecule has 0 aromatic rings. The Balaban J connectivity index is 1.88. The molecular weight excluding hydrogens is 266 g/mol. The number of amides is 1. The Hall–Kier alpha value is -0.610. The van der Waals surface area contributed by atoms with Gasteiger partial charge in [0.25, 0.3) is 0 Å². The van der Waals surface area contributed by atoms with Crippen molar-refractivity contribution in [3.63, 3.8) is 0 Å². The molecule has 0 aromatic heterocycles. The van der Waals surface area contributed by atoms with E-state index in [1.165, 1.54) is 6.42 Å². The number of aliphatic hydroxyl groups is 1. The Labute approximate surface area is 128 Å². The van der Waals surface area contributed by atoms with E-state index in [9.17, 15) is 9.90 Å². The summed E-state index contributed by atoms with van der Waals surface area (Å²) in [6.45, 7) is 8.84. The van der Waals surface area contributed by atoms with Crippen molar-refractivity contribution < 1.29 is 14.6 Å². The highest BCUT2D eigenvalue weighted by molar-refractivity contribution is 5.78. The van der Waals surface area contributed by atoms with Crippen LogP contribution in [0.3, 0.4) is 0 Å². The summed E-state index contributed by atoms with van der Waals surface area (Å²) >= 11 is 0. The normalized spacial score (nSPS) is 31.6. The summed E-state index contributed by atoms with van der Waals surface area (Å²) in [5, 5.41) is 12.8. The molecule has 1 aliphatic heterocycles. The Kier molecular flexibility index (Phi) is 5.31. The van der Waals surface area contributed by atoms with E-state index in [0.717, 1.165) is 25.7 Å². The molecule has 0 bridgehead atoms. The SMILES string of the molecule is CC1CC(C(=O)NCC2(CO)CCOCC2)CC(C)(C)C1. The number of hydrogen-bond acceptors (Lipinski definition) is 3. The van der Waals surface area contributed by atoms with Gasteiger partial charge in [0.05, 0.1) is 6.61 Å². The molecule has 2 fully saturated rings. The molecule has 1 amide bonds. The first kappa shape index (κ1) is 16.8. The molecule has 2 rings (SSSR count). The predicted molar refractivity (Wildman–Crippen MR) is 82.9 cm³/mol. The summed E-state index contributed by atoms with van der Waals surface area (Å²) in [5.74, 6) is 0.910. The van der Waals surface area contributed by atoms with E-state index in [4.69, 9.17) is 4.74 Å². The minimum atomic E-state index is -0.177. The third-order valence-electron chi connectivity index (χ3n) is 5.28. The molecule has 122 valence electrons. The van der Waals surface area contributed by atoms with E-state index < -0.39 is 0 Å². The average molecular weight is 297 g/mol. The quantitative estimate of drug-likeness (QED) is 0.837. The van der Waals surface area contributed by atoms with Crippen molar-refractivity contribution in [3.8, 4) is 0 Å². The molecule has 0 aromatic carbocycles. The average Bonchev–Trinajstić information content (AvgIpc) is 2.43. The molecule has 2 N–H and O–H groups in total. The Morgan fingerprint density at radius 2 is 1.95 bits per heavy atom. The molecule has 1 heterocycles. The van der Waals surface area contributed by atoms with Gasteiger partial charge in [-0.3, -0.25) is 4.79 Å². The van der Waals surface area contributed by atoms with Gasteiger partial charge in [0.1, 0.15) is 0 Å². The van der Waals surface area contributed by atoms with Crippen molar-refractivity contribution in [1.82, 2.24) is 5.32 Å². The topological polar surface area (TPSA) is 58.6 Å². The number of aliphatic hydroxyl groups excluding tert-OH is 1. The first-order valence-corrected chi connectivity index (χ1v) is 8.32. The molecule has 2 aliphatic rings. The van der Waals surface area contributed by atoms with E-state index in [1.807, 2.05) is 0 Å². The van der Waals surface area contributed by atoms with E-state index >= 15 is 0 Å². The molecule has 0 spiro atoms. The van der Waals surface area contributed by atoms with Crippen molar-refractivity contribution in [1.29, 1.82) is 0 Å². The fourth-order valence-electron chi connectivity index (χ4n) is 4.16. The lowest BCUT2D eigenvalue weighted by Gasteiger charge is -2.39. The highest BCUT2D eigenvalue weighted by Crippen LogP contribution is 2.41. The van der Waals surface area contributed by atoms with Crippen molar-refractivity contribution in [2.24, 2.45) is 22.7 Å². The van der Waals surface area contributed by atoms with Gasteiger partial charge in [0.2, 0.25) is 5.91 Å². The fourth-order valence-corrected chi connectivity index (χ4v) is 4.16. The van der Waals surface area contributed by atoms with Gasteiger partial charge in [-0.25, -0.2) is 0 Å². The van der Waals surface area contributed by atoms with Crippen LogP contribution in [-0.2, 0) is 9.53 Å². The maximum Gasteiger partial charge on any atom is 0.223 e. The summed E-state index contributed by atoms with van der Waals surface area (Å²) in [5.41, 5.74) is 0.0801. The largest absolute Gasteiger partial charge is 0.396 e. The Bertz CT molecular complexity index is 361. The molecule has 0 radical (unpaired) electrons. The van der Waals surface area contributed by atoms with E-state index in [2.05, 4.69) is 26.1 Å². The van der Waals surface area contributed by atoms with Gasteiger partial charge in [-0.1, -0.05) is 20.8 Å². The summed E-state index contributed by atoms with van der Waals surface area (Å²) < 4.78 is 5.37. The Morgan fingerprint density at radius 3 is 2.52 bits per heavy atom. The first-order valence-electron chi connectivity index (χ1n) is 8.32. The molecular formula is C17H31NO3. The summed E-state index contributed by atoms with van der Waals surface area (Å²) in [6, 6.07) is 0.